The summed E-state index contributed by atoms with van der Waals surface area (Å²) in [6.07, 6.45) is 3.66. The van der Waals surface area contributed by atoms with Gasteiger partial charge in [0, 0.05) is 24.5 Å². The van der Waals surface area contributed by atoms with Gasteiger partial charge in [-0.05, 0) is 31.7 Å². The second-order valence-corrected chi connectivity index (χ2v) is 6.96. The van der Waals surface area contributed by atoms with Crippen LogP contribution in [-0.4, -0.2) is 34.7 Å². The minimum absolute atomic E-state index is 0.135. The van der Waals surface area contributed by atoms with E-state index in [0.717, 1.165) is 32.4 Å². The number of carbonyl (C=O) groups excluding carboxylic acids is 1. The fourth-order valence-corrected chi connectivity index (χ4v) is 3.66. The third-order valence-corrected chi connectivity index (χ3v) is 5.15. The highest BCUT2D eigenvalue weighted by atomic mass is 32.2. The predicted molar refractivity (Wildman–Crippen MR) is 60.1 cm³/mol. The first kappa shape index (κ1) is 11.1. The van der Waals surface area contributed by atoms with Crippen molar-refractivity contribution in [3.63, 3.8) is 0 Å². The molecule has 1 atom stereocenters. The summed E-state index contributed by atoms with van der Waals surface area (Å²) in [5, 5.41) is 3.18. The summed E-state index contributed by atoms with van der Waals surface area (Å²) < 4.78 is 16.2. The lowest BCUT2D eigenvalue weighted by Gasteiger charge is -2.04. The molecule has 1 saturated carbocycles. The van der Waals surface area contributed by atoms with Crippen molar-refractivity contribution < 1.29 is 9.00 Å². The van der Waals surface area contributed by atoms with E-state index in [4.69, 9.17) is 0 Å². The Hall–Kier alpha value is -0.420. The SMILES string of the molecule is O=C(CC1CC1)N=S1(=O)CCCNCC1. The topological polar surface area (TPSA) is 58.5 Å². The zero-order valence-corrected chi connectivity index (χ0v) is 9.72. The van der Waals surface area contributed by atoms with Gasteiger partial charge in [0.1, 0.15) is 0 Å². The van der Waals surface area contributed by atoms with Gasteiger partial charge in [0.25, 0.3) is 5.91 Å². The van der Waals surface area contributed by atoms with Crippen LogP contribution in [0.1, 0.15) is 25.7 Å². The summed E-state index contributed by atoms with van der Waals surface area (Å²) in [5.74, 6) is 1.51. The van der Waals surface area contributed by atoms with Crippen LogP contribution in [0.2, 0.25) is 0 Å². The molecular formula is C10H18N2O2S. The van der Waals surface area contributed by atoms with Crippen molar-refractivity contribution in [2.75, 3.05) is 24.6 Å². The molecule has 1 N–H and O–H groups in total. The van der Waals surface area contributed by atoms with Crippen LogP contribution in [0.15, 0.2) is 4.36 Å². The van der Waals surface area contributed by atoms with E-state index in [1.165, 1.54) is 0 Å². The molecule has 4 nitrogen and oxygen atoms in total. The Morgan fingerprint density at radius 1 is 1.33 bits per heavy atom. The Kier molecular flexibility index (Phi) is 3.41. The number of rotatable bonds is 2. The van der Waals surface area contributed by atoms with Crippen molar-refractivity contribution in [2.45, 2.75) is 25.7 Å². The van der Waals surface area contributed by atoms with Crippen molar-refractivity contribution in [3.05, 3.63) is 0 Å². The average molecular weight is 230 g/mol. The molecule has 1 unspecified atom stereocenters. The molecule has 2 rings (SSSR count). The number of hydrogen-bond donors (Lipinski definition) is 1. The van der Waals surface area contributed by atoms with Crippen LogP contribution in [0, 0.1) is 5.92 Å². The molecule has 0 aromatic carbocycles. The van der Waals surface area contributed by atoms with Gasteiger partial charge in [0.15, 0.2) is 0 Å². The molecule has 15 heavy (non-hydrogen) atoms. The fraction of sp³-hybridized carbons (Fsp3) is 0.900. The van der Waals surface area contributed by atoms with Gasteiger partial charge in [-0.15, -0.1) is 0 Å². The molecule has 2 fully saturated rings. The Labute approximate surface area is 91.0 Å². The molecule has 1 amide bonds. The number of hydrogen-bond acceptors (Lipinski definition) is 3. The van der Waals surface area contributed by atoms with Gasteiger partial charge in [0.2, 0.25) is 0 Å². The summed E-state index contributed by atoms with van der Waals surface area (Å²) in [4.78, 5) is 11.5. The second kappa shape index (κ2) is 4.61. The summed E-state index contributed by atoms with van der Waals surface area (Å²) in [7, 11) is -2.23. The summed E-state index contributed by atoms with van der Waals surface area (Å²) in [6, 6.07) is 0. The lowest BCUT2D eigenvalue weighted by atomic mass is 10.3. The molecule has 86 valence electrons. The second-order valence-electron chi connectivity index (χ2n) is 4.42. The zero-order chi connectivity index (χ0) is 10.7. The molecule has 0 aromatic rings. The number of carbonyl (C=O) groups is 1. The van der Waals surface area contributed by atoms with Gasteiger partial charge in [-0.3, -0.25) is 4.79 Å². The van der Waals surface area contributed by atoms with Crippen molar-refractivity contribution in [1.29, 1.82) is 0 Å². The van der Waals surface area contributed by atoms with Crippen molar-refractivity contribution in [2.24, 2.45) is 10.3 Å². The van der Waals surface area contributed by atoms with Crippen LogP contribution in [0.4, 0.5) is 0 Å². The Balaban J connectivity index is 2.00. The first-order chi connectivity index (χ1) is 7.18. The molecule has 1 aliphatic heterocycles. The van der Waals surface area contributed by atoms with Crippen molar-refractivity contribution in [3.8, 4) is 0 Å². The summed E-state index contributed by atoms with van der Waals surface area (Å²) in [6.45, 7) is 1.61. The van der Waals surface area contributed by atoms with E-state index < -0.39 is 9.73 Å². The van der Waals surface area contributed by atoms with Crippen LogP contribution in [0.3, 0.4) is 0 Å². The van der Waals surface area contributed by atoms with Gasteiger partial charge in [-0.2, -0.15) is 4.36 Å². The first-order valence-corrected chi connectivity index (χ1v) is 7.49. The van der Waals surface area contributed by atoms with Gasteiger partial charge >= 0.3 is 0 Å². The van der Waals surface area contributed by atoms with Crippen LogP contribution in [-0.2, 0) is 14.5 Å². The maximum atomic E-state index is 12.2. The standard InChI is InChI=1S/C10H18N2O2S/c13-10(8-9-2-3-9)12-15(14)6-1-4-11-5-7-15/h9,11H,1-8H2. The Bertz CT molecular complexity index is 340. The molecule has 0 spiro atoms. The maximum absolute atomic E-state index is 12.2. The highest BCUT2D eigenvalue weighted by Gasteiger charge is 2.25. The van der Waals surface area contributed by atoms with Crippen LogP contribution < -0.4 is 5.32 Å². The predicted octanol–water partition coefficient (Wildman–Crippen LogP) is 0.774. The van der Waals surface area contributed by atoms with E-state index in [-0.39, 0.29) is 5.91 Å². The molecular weight excluding hydrogens is 212 g/mol. The van der Waals surface area contributed by atoms with Gasteiger partial charge in [0.05, 0.1) is 9.73 Å². The number of amides is 1. The van der Waals surface area contributed by atoms with E-state index in [9.17, 15) is 9.00 Å². The number of nitrogens with zero attached hydrogens (tertiary/aromatic N) is 1. The monoisotopic (exact) mass is 230 g/mol. The fourth-order valence-electron chi connectivity index (χ4n) is 1.76. The van der Waals surface area contributed by atoms with Crippen LogP contribution in [0.5, 0.6) is 0 Å². The quantitative estimate of drug-likeness (QED) is 0.762. The molecule has 0 aromatic heterocycles. The van der Waals surface area contributed by atoms with E-state index in [1.807, 2.05) is 0 Å². The summed E-state index contributed by atoms with van der Waals surface area (Å²) >= 11 is 0. The van der Waals surface area contributed by atoms with Crippen molar-refractivity contribution in [1.82, 2.24) is 5.32 Å². The summed E-state index contributed by atoms with van der Waals surface area (Å²) in [5.41, 5.74) is 0. The molecule has 0 bridgehead atoms. The zero-order valence-electron chi connectivity index (χ0n) is 8.91. The maximum Gasteiger partial charge on any atom is 0.254 e. The van der Waals surface area contributed by atoms with Gasteiger partial charge in [-0.25, -0.2) is 4.21 Å². The molecule has 1 aliphatic carbocycles. The van der Waals surface area contributed by atoms with Crippen LogP contribution >= 0.6 is 0 Å². The highest BCUT2D eigenvalue weighted by Crippen LogP contribution is 2.32. The third-order valence-electron chi connectivity index (χ3n) is 2.84. The van der Waals surface area contributed by atoms with Gasteiger partial charge < -0.3 is 5.32 Å². The molecule has 0 radical (unpaired) electrons. The third kappa shape index (κ3) is 3.57. The lowest BCUT2D eigenvalue weighted by molar-refractivity contribution is -0.117. The highest BCUT2D eigenvalue weighted by molar-refractivity contribution is 7.93. The molecule has 2 aliphatic rings. The largest absolute Gasteiger partial charge is 0.316 e. The van der Waals surface area contributed by atoms with E-state index in [1.54, 1.807) is 0 Å². The lowest BCUT2D eigenvalue weighted by Crippen LogP contribution is -2.19. The minimum atomic E-state index is -2.23. The first-order valence-electron chi connectivity index (χ1n) is 5.64. The van der Waals surface area contributed by atoms with Crippen molar-refractivity contribution >= 4 is 15.6 Å². The van der Waals surface area contributed by atoms with Crippen LogP contribution in [0.25, 0.3) is 0 Å². The minimum Gasteiger partial charge on any atom is -0.316 e. The van der Waals surface area contributed by atoms with E-state index >= 15 is 0 Å². The van der Waals surface area contributed by atoms with E-state index in [2.05, 4.69) is 9.68 Å². The molecule has 5 heteroatoms. The normalized spacial score (nSPS) is 32.0. The smallest absolute Gasteiger partial charge is 0.254 e. The Morgan fingerprint density at radius 2 is 2.13 bits per heavy atom. The molecule has 1 saturated heterocycles. The molecule has 1 heterocycles. The van der Waals surface area contributed by atoms with Gasteiger partial charge in [-0.1, -0.05) is 0 Å². The number of nitrogens with one attached hydrogen (secondary N) is 1. The Morgan fingerprint density at radius 3 is 2.87 bits per heavy atom. The average Bonchev–Trinajstić information content (AvgIpc) is 2.94. The van der Waals surface area contributed by atoms with E-state index in [0.29, 0.717) is 23.8 Å².